The first kappa shape index (κ1) is 13.3. The summed E-state index contributed by atoms with van der Waals surface area (Å²) >= 11 is 0. The Balaban J connectivity index is 2.03. The van der Waals surface area contributed by atoms with Crippen LogP contribution in [0.25, 0.3) is 0 Å². The Morgan fingerprint density at radius 3 is 2.68 bits per heavy atom. The predicted molar refractivity (Wildman–Crippen MR) is 77.8 cm³/mol. The first-order valence-corrected chi connectivity index (χ1v) is 6.32. The fourth-order valence-electron chi connectivity index (χ4n) is 1.96. The van der Waals surface area contributed by atoms with Gasteiger partial charge in [0.25, 0.3) is 0 Å². The first-order chi connectivity index (χ1) is 9.19. The monoisotopic (exact) mass is 254 g/mol. The van der Waals surface area contributed by atoms with Crippen LogP contribution in [0, 0.1) is 6.92 Å². The van der Waals surface area contributed by atoms with Crippen LogP contribution < -0.4 is 11.1 Å². The second-order valence-electron chi connectivity index (χ2n) is 4.56. The van der Waals surface area contributed by atoms with Crippen molar-refractivity contribution >= 4 is 11.6 Å². The summed E-state index contributed by atoms with van der Waals surface area (Å²) in [5, 5.41) is 2.90. The lowest BCUT2D eigenvalue weighted by Gasteiger charge is -2.08. The van der Waals surface area contributed by atoms with E-state index in [1.54, 1.807) is 0 Å². The number of carbonyl (C=O) groups is 1. The third-order valence-electron chi connectivity index (χ3n) is 3.06. The zero-order valence-corrected chi connectivity index (χ0v) is 11.0. The van der Waals surface area contributed by atoms with Crippen LogP contribution in [0.3, 0.4) is 0 Å². The average Bonchev–Trinajstić information content (AvgIpc) is 2.41. The van der Waals surface area contributed by atoms with E-state index in [4.69, 9.17) is 5.73 Å². The van der Waals surface area contributed by atoms with Gasteiger partial charge in [0, 0.05) is 12.2 Å². The van der Waals surface area contributed by atoms with Crippen LogP contribution in [-0.4, -0.2) is 5.91 Å². The maximum absolute atomic E-state index is 12.0. The molecule has 0 aromatic heterocycles. The molecule has 0 aliphatic carbocycles. The summed E-state index contributed by atoms with van der Waals surface area (Å²) in [5.74, 6) is -0.0107. The van der Waals surface area contributed by atoms with E-state index in [0.29, 0.717) is 13.0 Å². The molecule has 3 heteroatoms. The molecule has 19 heavy (non-hydrogen) atoms. The van der Waals surface area contributed by atoms with E-state index in [0.717, 1.165) is 22.4 Å². The topological polar surface area (TPSA) is 55.1 Å². The Morgan fingerprint density at radius 2 is 1.95 bits per heavy atom. The number of hydrogen-bond donors (Lipinski definition) is 2. The molecule has 0 saturated heterocycles. The van der Waals surface area contributed by atoms with Crippen molar-refractivity contribution in [3.05, 3.63) is 65.2 Å². The lowest BCUT2D eigenvalue weighted by molar-refractivity contribution is -0.115. The van der Waals surface area contributed by atoms with Gasteiger partial charge < -0.3 is 11.1 Å². The van der Waals surface area contributed by atoms with Crippen LogP contribution in [-0.2, 0) is 17.8 Å². The fraction of sp³-hybridized carbons (Fsp3) is 0.188. The molecule has 98 valence electrons. The van der Waals surface area contributed by atoms with Crippen molar-refractivity contribution in [2.75, 3.05) is 5.32 Å². The SMILES string of the molecule is Cc1ccccc1CC(=O)Nc1cccc(CN)c1. The van der Waals surface area contributed by atoms with Crippen LogP contribution in [0.2, 0.25) is 0 Å². The highest BCUT2D eigenvalue weighted by Gasteiger charge is 2.06. The minimum atomic E-state index is -0.0107. The van der Waals surface area contributed by atoms with Gasteiger partial charge in [0.05, 0.1) is 6.42 Å². The van der Waals surface area contributed by atoms with Gasteiger partial charge in [0.1, 0.15) is 0 Å². The first-order valence-electron chi connectivity index (χ1n) is 6.32. The predicted octanol–water partition coefficient (Wildman–Crippen LogP) is 2.63. The Hall–Kier alpha value is -2.13. The molecule has 3 N–H and O–H groups in total. The molecule has 0 fully saturated rings. The molecule has 0 aliphatic heterocycles. The maximum Gasteiger partial charge on any atom is 0.228 e. The van der Waals surface area contributed by atoms with Crippen molar-refractivity contribution < 1.29 is 4.79 Å². The summed E-state index contributed by atoms with van der Waals surface area (Å²) in [6.45, 7) is 2.49. The van der Waals surface area contributed by atoms with Crippen LogP contribution in [0.4, 0.5) is 5.69 Å². The highest BCUT2D eigenvalue weighted by Crippen LogP contribution is 2.12. The molecule has 0 saturated carbocycles. The van der Waals surface area contributed by atoms with Gasteiger partial charge in [-0.3, -0.25) is 4.79 Å². The largest absolute Gasteiger partial charge is 0.326 e. The number of anilines is 1. The third kappa shape index (κ3) is 3.66. The Kier molecular flexibility index (Phi) is 4.31. The van der Waals surface area contributed by atoms with Crippen LogP contribution in [0.15, 0.2) is 48.5 Å². The van der Waals surface area contributed by atoms with Gasteiger partial charge in [-0.1, -0.05) is 36.4 Å². The van der Waals surface area contributed by atoms with E-state index >= 15 is 0 Å². The van der Waals surface area contributed by atoms with Crippen molar-refractivity contribution in [2.24, 2.45) is 5.73 Å². The van der Waals surface area contributed by atoms with E-state index in [1.807, 2.05) is 55.5 Å². The lowest BCUT2D eigenvalue weighted by atomic mass is 10.1. The third-order valence-corrected chi connectivity index (χ3v) is 3.06. The van der Waals surface area contributed by atoms with Crippen LogP contribution in [0.1, 0.15) is 16.7 Å². The molecular formula is C16H18N2O. The van der Waals surface area contributed by atoms with Gasteiger partial charge in [-0.15, -0.1) is 0 Å². The molecule has 0 atom stereocenters. The van der Waals surface area contributed by atoms with Crippen molar-refractivity contribution in [3.8, 4) is 0 Å². The van der Waals surface area contributed by atoms with E-state index in [9.17, 15) is 4.79 Å². The van der Waals surface area contributed by atoms with Gasteiger partial charge in [-0.2, -0.15) is 0 Å². The van der Waals surface area contributed by atoms with Crippen molar-refractivity contribution in [2.45, 2.75) is 19.9 Å². The number of hydrogen-bond acceptors (Lipinski definition) is 2. The smallest absolute Gasteiger partial charge is 0.228 e. The highest BCUT2D eigenvalue weighted by molar-refractivity contribution is 5.92. The van der Waals surface area contributed by atoms with E-state index in [1.165, 1.54) is 0 Å². The summed E-state index contributed by atoms with van der Waals surface area (Å²) in [6.07, 6.45) is 0.388. The molecular weight excluding hydrogens is 236 g/mol. The number of rotatable bonds is 4. The summed E-state index contributed by atoms with van der Waals surface area (Å²) < 4.78 is 0. The Labute approximate surface area is 113 Å². The number of carbonyl (C=O) groups excluding carboxylic acids is 1. The highest BCUT2D eigenvalue weighted by atomic mass is 16.1. The Morgan fingerprint density at radius 1 is 1.16 bits per heavy atom. The van der Waals surface area contributed by atoms with Gasteiger partial charge >= 0.3 is 0 Å². The standard InChI is InChI=1S/C16H18N2O/c1-12-5-2-3-7-14(12)10-16(19)18-15-8-4-6-13(9-15)11-17/h2-9H,10-11,17H2,1H3,(H,18,19). The van der Waals surface area contributed by atoms with Gasteiger partial charge in [0.15, 0.2) is 0 Å². The van der Waals surface area contributed by atoms with Crippen molar-refractivity contribution in [1.82, 2.24) is 0 Å². The zero-order valence-electron chi connectivity index (χ0n) is 11.0. The summed E-state index contributed by atoms with van der Waals surface area (Å²) in [5.41, 5.74) is 9.57. The summed E-state index contributed by atoms with van der Waals surface area (Å²) in [6, 6.07) is 15.5. The maximum atomic E-state index is 12.0. The van der Waals surface area contributed by atoms with Gasteiger partial charge in [-0.25, -0.2) is 0 Å². The molecule has 0 aliphatic rings. The van der Waals surface area contributed by atoms with Crippen molar-refractivity contribution in [1.29, 1.82) is 0 Å². The molecule has 0 radical (unpaired) electrons. The molecule has 0 unspecified atom stereocenters. The van der Waals surface area contributed by atoms with Gasteiger partial charge in [0.2, 0.25) is 5.91 Å². The molecule has 0 bridgehead atoms. The second-order valence-corrected chi connectivity index (χ2v) is 4.56. The number of nitrogens with two attached hydrogens (primary N) is 1. The minimum Gasteiger partial charge on any atom is -0.326 e. The zero-order chi connectivity index (χ0) is 13.7. The molecule has 0 heterocycles. The normalized spacial score (nSPS) is 10.2. The number of benzene rings is 2. The Bertz CT molecular complexity index is 578. The lowest BCUT2D eigenvalue weighted by Crippen LogP contribution is -2.15. The van der Waals surface area contributed by atoms with Gasteiger partial charge in [-0.05, 0) is 35.7 Å². The van der Waals surface area contributed by atoms with E-state index in [-0.39, 0.29) is 5.91 Å². The van der Waals surface area contributed by atoms with Crippen LogP contribution in [0.5, 0.6) is 0 Å². The number of nitrogens with one attached hydrogen (secondary N) is 1. The van der Waals surface area contributed by atoms with E-state index in [2.05, 4.69) is 5.32 Å². The van der Waals surface area contributed by atoms with Crippen molar-refractivity contribution in [3.63, 3.8) is 0 Å². The molecule has 2 aromatic carbocycles. The summed E-state index contributed by atoms with van der Waals surface area (Å²) in [4.78, 5) is 12.0. The quantitative estimate of drug-likeness (QED) is 0.881. The second kappa shape index (κ2) is 6.16. The minimum absolute atomic E-state index is 0.0107. The number of aryl methyl sites for hydroxylation is 1. The average molecular weight is 254 g/mol. The molecule has 1 amide bonds. The van der Waals surface area contributed by atoms with E-state index < -0.39 is 0 Å². The molecule has 0 spiro atoms. The molecule has 2 aromatic rings. The summed E-state index contributed by atoms with van der Waals surface area (Å²) in [7, 11) is 0. The number of amides is 1. The molecule has 2 rings (SSSR count). The molecule has 3 nitrogen and oxygen atoms in total. The fourth-order valence-corrected chi connectivity index (χ4v) is 1.96. The van der Waals surface area contributed by atoms with Crippen LogP contribution >= 0.6 is 0 Å².